The van der Waals surface area contributed by atoms with Gasteiger partial charge < -0.3 is 21.5 Å². The third-order valence-electron chi connectivity index (χ3n) is 4.79. The Kier molecular flexibility index (Phi) is 12.9. The van der Waals surface area contributed by atoms with Crippen LogP contribution in [0.2, 0.25) is 0 Å². The Morgan fingerprint density at radius 3 is 2.42 bits per heavy atom. The number of benzene rings is 1. The predicted molar refractivity (Wildman–Crippen MR) is 111 cm³/mol. The van der Waals surface area contributed by atoms with E-state index in [4.69, 9.17) is 5.73 Å². The Morgan fingerprint density at radius 1 is 1.19 bits per heavy atom. The molecule has 0 radical (unpaired) electrons. The summed E-state index contributed by atoms with van der Waals surface area (Å²) >= 11 is 0. The Labute approximate surface area is 169 Å². The molecule has 5 N–H and O–H groups in total. The SMILES string of the molecule is C[C@H](NC[C@@H](O)[C@@H](N)Cc1ccccc1)C(=O)NC1CCCCC1.Cl.Cl. The summed E-state index contributed by atoms with van der Waals surface area (Å²) in [5, 5.41) is 16.4. The van der Waals surface area contributed by atoms with Gasteiger partial charge >= 0.3 is 0 Å². The normalized spacial score (nSPS) is 18.0. The summed E-state index contributed by atoms with van der Waals surface area (Å²) in [5.74, 6) is 0.00531. The maximum absolute atomic E-state index is 12.2. The van der Waals surface area contributed by atoms with Crippen LogP contribution >= 0.6 is 24.8 Å². The zero-order valence-electron chi connectivity index (χ0n) is 15.4. The summed E-state index contributed by atoms with van der Waals surface area (Å²) in [6.45, 7) is 2.14. The summed E-state index contributed by atoms with van der Waals surface area (Å²) in [6.07, 6.45) is 5.74. The van der Waals surface area contributed by atoms with Crippen LogP contribution in [0.3, 0.4) is 0 Å². The average Bonchev–Trinajstić information content (AvgIpc) is 2.61. The van der Waals surface area contributed by atoms with Crippen LogP contribution in [0.1, 0.15) is 44.6 Å². The van der Waals surface area contributed by atoms with Gasteiger partial charge in [0.25, 0.3) is 0 Å². The highest BCUT2D eigenvalue weighted by Crippen LogP contribution is 2.17. The average molecular weight is 406 g/mol. The van der Waals surface area contributed by atoms with Gasteiger partial charge in [-0.1, -0.05) is 49.6 Å². The first-order valence-corrected chi connectivity index (χ1v) is 9.07. The standard InChI is InChI=1S/C19H31N3O2.2ClH/c1-14(19(24)22-16-10-6-3-7-11-16)21-13-18(23)17(20)12-15-8-4-2-5-9-15;;/h2,4-5,8-9,14,16-18,21,23H,3,6-7,10-13,20H2,1H3,(H,22,24);2*1H/t14-,17-,18+;;/m0../s1. The molecule has 0 aromatic heterocycles. The molecule has 1 saturated carbocycles. The number of carbonyl (C=O) groups excluding carboxylic acids is 1. The molecule has 7 heteroatoms. The minimum atomic E-state index is -0.685. The van der Waals surface area contributed by atoms with E-state index in [-0.39, 0.29) is 42.8 Å². The van der Waals surface area contributed by atoms with Crippen molar-refractivity contribution in [1.29, 1.82) is 0 Å². The van der Waals surface area contributed by atoms with E-state index in [0.717, 1.165) is 18.4 Å². The van der Waals surface area contributed by atoms with Gasteiger partial charge in [-0.3, -0.25) is 4.79 Å². The lowest BCUT2D eigenvalue weighted by Crippen LogP contribution is -2.51. The van der Waals surface area contributed by atoms with E-state index in [9.17, 15) is 9.90 Å². The maximum Gasteiger partial charge on any atom is 0.237 e. The Hall–Kier alpha value is -0.850. The van der Waals surface area contributed by atoms with Crippen LogP contribution in [-0.2, 0) is 11.2 Å². The van der Waals surface area contributed by atoms with E-state index in [1.807, 2.05) is 37.3 Å². The molecule has 1 aromatic carbocycles. The number of amides is 1. The molecule has 1 aromatic rings. The molecule has 0 unspecified atom stereocenters. The van der Waals surface area contributed by atoms with E-state index < -0.39 is 6.10 Å². The van der Waals surface area contributed by atoms with E-state index in [0.29, 0.717) is 19.0 Å². The van der Waals surface area contributed by atoms with Crippen LogP contribution in [-0.4, -0.2) is 41.8 Å². The van der Waals surface area contributed by atoms with Gasteiger partial charge in [-0.2, -0.15) is 0 Å². The third kappa shape index (κ3) is 8.69. The molecule has 26 heavy (non-hydrogen) atoms. The van der Waals surface area contributed by atoms with Crippen molar-refractivity contribution < 1.29 is 9.90 Å². The highest BCUT2D eigenvalue weighted by molar-refractivity contribution is 5.85. The van der Waals surface area contributed by atoms with Crippen molar-refractivity contribution in [1.82, 2.24) is 10.6 Å². The summed E-state index contributed by atoms with van der Waals surface area (Å²) in [6, 6.07) is 9.51. The van der Waals surface area contributed by atoms with Gasteiger partial charge in [0.15, 0.2) is 0 Å². The molecule has 0 spiro atoms. The fourth-order valence-corrected chi connectivity index (χ4v) is 3.14. The molecule has 150 valence electrons. The predicted octanol–water partition coefficient (Wildman–Crippen LogP) is 2.19. The molecule has 5 nitrogen and oxygen atoms in total. The number of hydrogen-bond donors (Lipinski definition) is 4. The number of hydrogen-bond acceptors (Lipinski definition) is 4. The van der Waals surface area contributed by atoms with E-state index >= 15 is 0 Å². The molecular formula is C19H33Cl2N3O2. The highest BCUT2D eigenvalue weighted by atomic mass is 35.5. The van der Waals surface area contributed by atoms with Crippen molar-refractivity contribution in [3.8, 4) is 0 Å². The largest absolute Gasteiger partial charge is 0.390 e. The monoisotopic (exact) mass is 405 g/mol. The zero-order chi connectivity index (χ0) is 17.4. The second-order valence-electron chi connectivity index (χ2n) is 6.89. The van der Waals surface area contributed by atoms with Gasteiger partial charge in [0.2, 0.25) is 5.91 Å². The lowest BCUT2D eigenvalue weighted by molar-refractivity contribution is -0.123. The van der Waals surface area contributed by atoms with Crippen molar-refractivity contribution in [2.24, 2.45) is 5.73 Å². The maximum atomic E-state index is 12.2. The third-order valence-corrected chi connectivity index (χ3v) is 4.79. The van der Waals surface area contributed by atoms with Gasteiger partial charge in [-0.25, -0.2) is 0 Å². The summed E-state index contributed by atoms with van der Waals surface area (Å²) < 4.78 is 0. The van der Waals surface area contributed by atoms with E-state index in [1.165, 1.54) is 19.3 Å². The van der Waals surface area contributed by atoms with Gasteiger partial charge in [-0.05, 0) is 31.7 Å². The molecule has 2 rings (SSSR count). The number of nitrogens with one attached hydrogen (secondary N) is 2. The number of aliphatic hydroxyl groups is 1. The number of rotatable bonds is 8. The number of aliphatic hydroxyl groups excluding tert-OH is 1. The first-order valence-electron chi connectivity index (χ1n) is 9.07. The summed E-state index contributed by atoms with van der Waals surface area (Å²) in [7, 11) is 0. The molecular weight excluding hydrogens is 373 g/mol. The minimum absolute atomic E-state index is 0. The van der Waals surface area contributed by atoms with Gasteiger partial charge in [0, 0.05) is 18.6 Å². The van der Waals surface area contributed by atoms with Gasteiger partial charge in [-0.15, -0.1) is 24.8 Å². The Bertz CT molecular complexity index is 499. The molecule has 1 aliphatic rings. The lowest BCUT2D eigenvalue weighted by Gasteiger charge is -2.26. The van der Waals surface area contributed by atoms with Gasteiger partial charge in [0.05, 0.1) is 12.1 Å². The van der Waals surface area contributed by atoms with E-state index in [1.54, 1.807) is 0 Å². The molecule has 0 saturated heterocycles. The van der Waals surface area contributed by atoms with Crippen molar-refractivity contribution in [3.63, 3.8) is 0 Å². The smallest absolute Gasteiger partial charge is 0.237 e. The summed E-state index contributed by atoms with van der Waals surface area (Å²) in [5.41, 5.74) is 7.17. The van der Waals surface area contributed by atoms with Crippen molar-refractivity contribution in [2.75, 3.05) is 6.54 Å². The zero-order valence-corrected chi connectivity index (χ0v) is 17.0. The van der Waals surface area contributed by atoms with Crippen LogP contribution in [0.15, 0.2) is 30.3 Å². The Morgan fingerprint density at radius 2 is 1.81 bits per heavy atom. The first-order chi connectivity index (χ1) is 11.6. The highest BCUT2D eigenvalue weighted by Gasteiger charge is 2.21. The van der Waals surface area contributed by atoms with Crippen LogP contribution in [0.5, 0.6) is 0 Å². The molecule has 1 amide bonds. The first kappa shape index (κ1) is 25.1. The minimum Gasteiger partial charge on any atom is -0.390 e. The molecule has 0 bridgehead atoms. The van der Waals surface area contributed by atoms with Crippen LogP contribution in [0.4, 0.5) is 0 Å². The van der Waals surface area contributed by atoms with Crippen molar-refractivity contribution in [2.45, 2.75) is 69.7 Å². The quantitative estimate of drug-likeness (QED) is 0.533. The topological polar surface area (TPSA) is 87.4 Å². The molecule has 0 heterocycles. The lowest BCUT2D eigenvalue weighted by atomic mass is 9.95. The van der Waals surface area contributed by atoms with Crippen LogP contribution in [0.25, 0.3) is 0 Å². The summed E-state index contributed by atoms with van der Waals surface area (Å²) in [4.78, 5) is 12.2. The number of nitrogens with two attached hydrogens (primary N) is 1. The van der Waals surface area contributed by atoms with Crippen molar-refractivity contribution in [3.05, 3.63) is 35.9 Å². The molecule has 0 aliphatic heterocycles. The van der Waals surface area contributed by atoms with Gasteiger partial charge in [0.1, 0.15) is 0 Å². The fraction of sp³-hybridized carbons (Fsp3) is 0.632. The number of halogens is 2. The second kappa shape index (κ2) is 13.3. The van der Waals surface area contributed by atoms with Crippen LogP contribution in [0, 0.1) is 0 Å². The molecule has 1 aliphatic carbocycles. The Balaban J connectivity index is 0.00000312. The fourth-order valence-electron chi connectivity index (χ4n) is 3.14. The number of carbonyl (C=O) groups is 1. The molecule has 1 fully saturated rings. The molecule has 3 atom stereocenters. The van der Waals surface area contributed by atoms with Crippen LogP contribution < -0.4 is 16.4 Å². The second-order valence-corrected chi connectivity index (χ2v) is 6.89. The van der Waals surface area contributed by atoms with Crippen molar-refractivity contribution >= 4 is 30.7 Å². The van der Waals surface area contributed by atoms with E-state index in [2.05, 4.69) is 10.6 Å².